The second kappa shape index (κ2) is 6.08. The molecule has 0 aliphatic rings. The number of carbonyl (C=O) groups is 1. The van der Waals surface area contributed by atoms with Crippen LogP contribution >= 0.6 is 0 Å². The molecule has 4 heteroatoms. The molecule has 0 saturated carbocycles. The minimum absolute atomic E-state index is 0.260. The molecular formula is C19H17NO3. The lowest BCUT2D eigenvalue weighted by Gasteiger charge is -2.14. The van der Waals surface area contributed by atoms with E-state index in [9.17, 15) is 9.59 Å². The molecule has 2 aromatic carbocycles. The SMILES string of the molecule is CC(C)OC(=O)c1c(-c2ccccc2)c(=O)[nH]c2ccccc12. The van der Waals surface area contributed by atoms with Gasteiger partial charge in [-0.1, -0.05) is 48.5 Å². The first-order valence-corrected chi connectivity index (χ1v) is 7.49. The second-order valence-corrected chi connectivity index (χ2v) is 5.57. The van der Waals surface area contributed by atoms with Crippen LogP contribution in [0.1, 0.15) is 24.2 Å². The van der Waals surface area contributed by atoms with E-state index in [0.717, 1.165) is 0 Å². The number of carbonyl (C=O) groups excluding carboxylic acids is 1. The van der Waals surface area contributed by atoms with Gasteiger partial charge in [0.15, 0.2) is 0 Å². The molecule has 0 atom stereocenters. The number of rotatable bonds is 3. The summed E-state index contributed by atoms with van der Waals surface area (Å²) < 4.78 is 5.37. The predicted molar refractivity (Wildman–Crippen MR) is 90.6 cm³/mol. The normalized spacial score (nSPS) is 10.9. The van der Waals surface area contributed by atoms with Crippen LogP contribution in [-0.2, 0) is 4.74 Å². The van der Waals surface area contributed by atoms with Gasteiger partial charge in [0, 0.05) is 10.9 Å². The van der Waals surface area contributed by atoms with E-state index in [1.807, 2.05) is 48.5 Å². The van der Waals surface area contributed by atoms with E-state index >= 15 is 0 Å². The van der Waals surface area contributed by atoms with Crippen molar-refractivity contribution in [1.29, 1.82) is 0 Å². The molecule has 1 aromatic heterocycles. The topological polar surface area (TPSA) is 59.2 Å². The molecule has 1 N–H and O–H groups in total. The van der Waals surface area contributed by atoms with Crippen molar-refractivity contribution in [3.8, 4) is 11.1 Å². The molecular weight excluding hydrogens is 290 g/mol. The average molecular weight is 307 g/mol. The van der Waals surface area contributed by atoms with Gasteiger partial charge in [0.25, 0.3) is 5.56 Å². The zero-order valence-corrected chi connectivity index (χ0v) is 13.0. The van der Waals surface area contributed by atoms with Crippen molar-refractivity contribution >= 4 is 16.9 Å². The number of pyridine rings is 1. The van der Waals surface area contributed by atoms with Crippen LogP contribution < -0.4 is 5.56 Å². The fraction of sp³-hybridized carbons (Fsp3) is 0.158. The van der Waals surface area contributed by atoms with Crippen LogP contribution in [0.2, 0.25) is 0 Å². The number of benzene rings is 2. The lowest BCUT2D eigenvalue weighted by molar-refractivity contribution is 0.0381. The van der Waals surface area contributed by atoms with E-state index in [0.29, 0.717) is 27.6 Å². The third kappa shape index (κ3) is 2.88. The molecule has 0 spiro atoms. The van der Waals surface area contributed by atoms with Gasteiger partial charge in [0.2, 0.25) is 0 Å². The maximum absolute atomic E-state index is 12.6. The van der Waals surface area contributed by atoms with Gasteiger partial charge in [-0.3, -0.25) is 4.79 Å². The summed E-state index contributed by atoms with van der Waals surface area (Å²) in [4.78, 5) is 28.1. The van der Waals surface area contributed by atoms with Crippen molar-refractivity contribution in [2.24, 2.45) is 0 Å². The molecule has 0 aliphatic heterocycles. The van der Waals surface area contributed by atoms with Crippen molar-refractivity contribution in [1.82, 2.24) is 4.98 Å². The quantitative estimate of drug-likeness (QED) is 0.749. The Morgan fingerprint density at radius 3 is 2.35 bits per heavy atom. The molecule has 3 aromatic rings. The molecule has 0 fully saturated rings. The molecule has 0 aliphatic carbocycles. The van der Waals surface area contributed by atoms with Gasteiger partial charge < -0.3 is 9.72 Å². The van der Waals surface area contributed by atoms with Crippen molar-refractivity contribution in [3.63, 3.8) is 0 Å². The molecule has 0 saturated heterocycles. The van der Waals surface area contributed by atoms with Gasteiger partial charge in [-0.2, -0.15) is 0 Å². The van der Waals surface area contributed by atoms with E-state index in [2.05, 4.69) is 4.98 Å². The number of H-pyrrole nitrogens is 1. The van der Waals surface area contributed by atoms with E-state index in [1.165, 1.54) is 0 Å². The smallest absolute Gasteiger partial charge is 0.339 e. The zero-order valence-electron chi connectivity index (χ0n) is 13.0. The lowest BCUT2D eigenvalue weighted by Crippen LogP contribution is -2.19. The Hall–Kier alpha value is -2.88. The van der Waals surface area contributed by atoms with Crippen molar-refractivity contribution in [3.05, 3.63) is 70.5 Å². The van der Waals surface area contributed by atoms with E-state index in [-0.39, 0.29) is 11.7 Å². The molecule has 0 amide bonds. The minimum Gasteiger partial charge on any atom is -0.459 e. The summed E-state index contributed by atoms with van der Waals surface area (Å²) in [6, 6.07) is 16.4. The Balaban J connectivity index is 2.36. The maximum Gasteiger partial charge on any atom is 0.339 e. The number of aromatic nitrogens is 1. The van der Waals surface area contributed by atoms with Crippen LogP contribution in [0, 0.1) is 0 Å². The number of ether oxygens (including phenoxy) is 1. The first-order chi connectivity index (χ1) is 11.1. The molecule has 0 radical (unpaired) electrons. The molecule has 116 valence electrons. The number of para-hydroxylation sites is 1. The molecule has 3 rings (SSSR count). The third-order valence-electron chi connectivity index (χ3n) is 3.53. The molecule has 1 heterocycles. The molecule has 4 nitrogen and oxygen atoms in total. The highest BCUT2D eigenvalue weighted by atomic mass is 16.5. The first-order valence-electron chi connectivity index (χ1n) is 7.49. The Morgan fingerprint density at radius 2 is 1.65 bits per heavy atom. The summed E-state index contributed by atoms with van der Waals surface area (Å²) in [6.07, 6.45) is -0.260. The standard InChI is InChI=1S/C19H17NO3/c1-12(2)23-19(22)17-14-10-6-7-11-15(14)20-18(21)16(17)13-8-4-3-5-9-13/h3-12H,1-2H3,(H,20,21). The number of aromatic amines is 1. The van der Waals surface area contributed by atoms with Gasteiger partial charge in [0.1, 0.15) is 0 Å². The Labute approximate surface area is 133 Å². The van der Waals surface area contributed by atoms with Crippen molar-refractivity contribution in [2.45, 2.75) is 20.0 Å². The van der Waals surface area contributed by atoms with Crippen LogP contribution in [0.5, 0.6) is 0 Å². The van der Waals surface area contributed by atoms with Gasteiger partial charge in [-0.25, -0.2) is 4.79 Å². The number of nitrogens with one attached hydrogen (secondary N) is 1. The second-order valence-electron chi connectivity index (χ2n) is 5.57. The summed E-state index contributed by atoms with van der Waals surface area (Å²) in [6.45, 7) is 3.57. The van der Waals surface area contributed by atoms with Crippen LogP contribution in [0.3, 0.4) is 0 Å². The Kier molecular flexibility index (Phi) is 3.98. The molecule has 0 unspecified atom stereocenters. The fourth-order valence-corrected chi connectivity index (χ4v) is 2.61. The largest absolute Gasteiger partial charge is 0.459 e. The van der Waals surface area contributed by atoms with Gasteiger partial charge in [0.05, 0.1) is 17.2 Å². The highest BCUT2D eigenvalue weighted by molar-refractivity contribution is 6.09. The highest BCUT2D eigenvalue weighted by Crippen LogP contribution is 2.27. The van der Waals surface area contributed by atoms with Crippen LogP contribution in [-0.4, -0.2) is 17.1 Å². The maximum atomic E-state index is 12.6. The van der Waals surface area contributed by atoms with Crippen LogP contribution in [0.25, 0.3) is 22.0 Å². The summed E-state index contributed by atoms with van der Waals surface area (Å²) >= 11 is 0. The zero-order chi connectivity index (χ0) is 16.4. The van der Waals surface area contributed by atoms with Crippen LogP contribution in [0.4, 0.5) is 0 Å². The minimum atomic E-state index is -0.485. The van der Waals surface area contributed by atoms with E-state index in [4.69, 9.17) is 4.74 Å². The van der Waals surface area contributed by atoms with Gasteiger partial charge in [-0.05, 0) is 25.5 Å². The van der Waals surface area contributed by atoms with Gasteiger partial charge >= 0.3 is 5.97 Å². The Morgan fingerprint density at radius 1 is 1.00 bits per heavy atom. The summed E-state index contributed by atoms with van der Waals surface area (Å²) in [7, 11) is 0. The summed E-state index contributed by atoms with van der Waals surface area (Å²) in [5.41, 5.74) is 1.66. The number of hydrogen-bond donors (Lipinski definition) is 1. The van der Waals surface area contributed by atoms with Crippen molar-refractivity contribution < 1.29 is 9.53 Å². The monoisotopic (exact) mass is 307 g/mol. The number of hydrogen-bond acceptors (Lipinski definition) is 3. The van der Waals surface area contributed by atoms with Crippen LogP contribution in [0.15, 0.2) is 59.4 Å². The number of esters is 1. The Bertz CT molecular complexity index is 911. The first kappa shape index (κ1) is 15.0. The van der Waals surface area contributed by atoms with Crippen molar-refractivity contribution in [2.75, 3.05) is 0 Å². The predicted octanol–water partition coefficient (Wildman–Crippen LogP) is 3.76. The fourth-order valence-electron chi connectivity index (χ4n) is 2.61. The van der Waals surface area contributed by atoms with E-state index in [1.54, 1.807) is 19.9 Å². The summed E-state index contributed by atoms with van der Waals surface area (Å²) in [5, 5.41) is 0.677. The van der Waals surface area contributed by atoms with Gasteiger partial charge in [-0.15, -0.1) is 0 Å². The average Bonchev–Trinajstić information content (AvgIpc) is 2.53. The number of fused-ring (bicyclic) bond motifs is 1. The van der Waals surface area contributed by atoms with E-state index < -0.39 is 5.97 Å². The molecule has 23 heavy (non-hydrogen) atoms. The highest BCUT2D eigenvalue weighted by Gasteiger charge is 2.22. The molecule has 0 bridgehead atoms. The summed E-state index contributed by atoms with van der Waals surface area (Å²) in [5.74, 6) is -0.485. The lowest BCUT2D eigenvalue weighted by atomic mass is 9.97. The third-order valence-corrected chi connectivity index (χ3v) is 3.53.